The van der Waals surface area contributed by atoms with Gasteiger partial charge in [0.25, 0.3) is 0 Å². The van der Waals surface area contributed by atoms with Gasteiger partial charge in [0.15, 0.2) is 0 Å². The molecule has 2 aromatic rings. The van der Waals surface area contributed by atoms with E-state index in [0.717, 1.165) is 43.0 Å². The average Bonchev–Trinajstić information content (AvgIpc) is 2.75. The summed E-state index contributed by atoms with van der Waals surface area (Å²) in [6, 6.07) is 13.6. The van der Waals surface area contributed by atoms with Crippen molar-refractivity contribution < 1.29 is 5.11 Å². The Bertz CT molecular complexity index is 686. The van der Waals surface area contributed by atoms with E-state index < -0.39 is 0 Å². The number of nitrogens with zero attached hydrogens (tertiary/aromatic N) is 3. The van der Waals surface area contributed by atoms with E-state index in [1.807, 2.05) is 54.9 Å². The summed E-state index contributed by atoms with van der Waals surface area (Å²) >= 11 is 0. The summed E-state index contributed by atoms with van der Waals surface area (Å²) in [5.41, 5.74) is 3.03. The Morgan fingerprint density at radius 2 is 1.93 bits per heavy atom. The van der Waals surface area contributed by atoms with Gasteiger partial charge in [-0.2, -0.15) is 0 Å². The van der Waals surface area contributed by atoms with Gasteiger partial charge in [-0.15, -0.1) is 0 Å². The minimum atomic E-state index is -0.234. The number of aliphatic imine (C=N–C) groups is 1. The fraction of sp³-hybridized carbons (Fsp3) is 0.478. The first-order chi connectivity index (χ1) is 13.8. The maximum absolute atomic E-state index is 9.63. The molecule has 1 aromatic heterocycles. The molecule has 1 heterocycles. The molecule has 0 radical (unpaired) electrons. The molecule has 1 atom stereocenters. The van der Waals surface area contributed by atoms with Crippen molar-refractivity contribution in [3.63, 3.8) is 0 Å². The van der Waals surface area contributed by atoms with E-state index in [0.29, 0.717) is 0 Å². The lowest BCUT2D eigenvalue weighted by molar-refractivity contribution is 0.269. The zero-order valence-electron chi connectivity index (χ0n) is 17.2. The molecule has 1 unspecified atom stereocenters. The lowest BCUT2D eigenvalue weighted by Gasteiger charge is -2.17. The summed E-state index contributed by atoms with van der Waals surface area (Å²) < 4.78 is 0. The molecule has 0 fully saturated rings. The highest BCUT2D eigenvalue weighted by atomic mass is 16.3. The average molecular weight is 383 g/mol. The van der Waals surface area contributed by atoms with Crippen LogP contribution < -0.4 is 5.32 Å². The first-order valence-corrected chi connectivity index (χ1v) is 10.3. The number of aromatic nitrogens is 1. The number of pyridine rings is 1. The molecule has 28 heavy (non-hydrogen) atoms. The van der Waals surface area contributed by atoms with Crippen molar-refractivity contribution in [3.05, 3.63) is 65.5 Å². The molecule has 5 nitrogen and oxygen atoms in total. The van der Waals surface area contributed by atoms with Gasteiger partial charge in [-0.1, -0.05) is 44.2 Å². The fourth-order valence-corrected chi connectivity index (χ4v) is 3.11. The summed E-state index contributed by atoms with van der Waals surface area (Å²) in [4.78, 5) is 11.4. The second-order valence-electron chi connectivity index (χ2n) is 6.88. The van der Waals surface area contributed by atoms with E-state index in [-0.39, 0.29) is 12.6 Å². The van der Waals surface area contributed by atoms with Crippen molar-refractivity contribution in [1.29, 1.82) is 0 Å². The zero-order chi connectivity index (χ0) is 20.0. The summed E-state index contributed by atoms with van der Waals surface area (Å²) in [6.45, 7) is 9.61. The Morgan fingerprint density at radius 1 is 1.14 bits per heavy atom. The molecule has 0 aliphatic carbocycles. The fourth-order valence-electron chi connectivity index (χ4n) is 3.11. The number of nitrogens with one attached hydrogen (secondary N) is 1. The Kier molecular flexibility index (Phi) is 10.4. The van der Waals surface area contributed by atoms with E-state index in [9.17, 15) is 5.11 Å². The van der Waals surface area contributed by atoms with Crippen molar-refractivity contribution in [2.75, 3.05) is 32.8 Å². The van der Waals surface area contributed by atoms with Crippen molar-refractivity contribution in [3.8, 4) is 0 Å². The van der Waals surface area contributed by atoms with E-state index in [2.05, 4.69) is 34.0 Å². The number of aliphatic hydroxyl groups is 1. The van der Waals surface area contributed by atoms with Crippen LogP contribution in [0.15, 0.2) is 53.7 Å². The minimum Gasteiger partial charge on any atom is -0.394 e. The van der Waals surface area contributed by atoms with Gasteiger partial charge in [-0.05, 0) is 62.3 Å². The Balaban J connectivity index is 1.78. The molecule has 5 heteroatoms. The van der Waals surface area contributed by atoms with Crippen LogP contribution in [-0.4, -0.2) is 54.0 Å². The number of aliphatic hydroxyl groups excluding tert-OH is 1. The second-order valence-corrected chi connectivity index (χ2v) is 6.88. The van der Waals surface area contributed by atoms with Crippen LogP contribution >= 0.6 is 0 Å². The van der Waals surface area contributed by atoms with Crippen LogP contribution in [0.25, 0.3) is 0 Å². The molecule has 0 saturated carbocycles. The Hall–Kier alpha value is -2.08. The third kappa shape index (κ3) is 7.89. The number of rotatable bonds is 13. The number of unbranched alkanes of at least 4 members (excludes halogenated alkanes) is 1. The molecular weight excluding hydrogens is 348 g/mol. The molecule has 0 aliphatic heterocycles. The number of hydrogen-bond donors (Lipinski definition) is 2. The summed E-state index contributed by atoms with van der Waals surface area (Å²) in [5, 5.41) is 13.1. The Labute approximate surface area is 169 Å². The highest BCUT2D eigenvalue weighted by Crippen LogP contribution is 2.16. The highest BCUT2D eigenvalue weighted by molar-refractivity contribution is 5.79. The molecule has 2 rings (SSSR count). The molecule has 152 valence electrons. The Morgan fingerprint density at radius 3 is 2.64 bits per heavy atom. The predicted molar refractivity (Wildman–Crippen MR) is 117 cm³/mol. The molecule has 0 bridgehead atoms. The van der Waals surface area contributed by atoms with Crippen LogP contribution in [0.1, 0.15) is 49.6 Å². The van der Waals surface area contributed by atoms with Gasteiger partial charge in [-0.3, -0.25) is 9.98 Å². The van der Waals surface area contributed by atoms with Crippen LogP contribution in [-0.2, 0) is 6.54 Å². The monoisotopic (exact) mass is 382 g/mol. The van der Waals surface area contributed by atoms with E-state index in [1.165, 1.54) is 19.4 Å². The topological polar surface area (TPSA) is 60.8 Å². The van der Waals surface area contributed by atoms with Crippen molar-refractivity contribution in [1.82, 2.24) is 15.2 Å². The van der Waals surface area contributed by atoms with Gasteiger partial charge in [0.05, 0.1) is 18.3 Å². The molecule has 0 saturated heterocycles. The molecule has 0 aliphatic rings. The third-order valence-corrected chi connectivity index (χ3v) is 4.88. The summed E-state index contributed by atoms with van der Waals surface area (Å²) in [6.07, 6.45) is 6.03. The van der Waals surface area contributed by atoms with Gasteiger partial charge < -0.3 is 15.3 Å². The smallest absolute Gasteiger partial charge is 0.0979 e. The standard InChI is InChI=1S/C23H34N4O/c1-3-27(4-2)15-9-8-13-24-18-22-16-20(12-14-25-22)17-26-23(19-28)21-10-6-5-7-11-21/h5-7,10-12,14,16-17,23-24,28H,3-4,8-9,13,15,18-19H2,1-2H3. The van der Waals surface area contributed by atoms with Gasteiger partial charge in [0.1, 0.15) is 0 Å². The first-order valence-electron chi connectivity index (χ1n) is 10.3. The van der Waals surface area contributed by atoms with Crippen LogP contribution in [0.3, 0.4) is 0 Å². The van der Waals surface area contributed by atoms with E-state index in [1.54, 1.807) is 0 Å². The molecule has 2 N–H and O–H groups in total. The SMILES string of the molecule is CCN(CC)CCCCNCc1cc(C=NC(CO)c2ccccc2)ccn1. The van der Waals surface area contributed by atoms with Crippen molar-refractivity contribution >= 4 is 6.21 Å². The van der Waals surface area contributed by atoms with Crippen LogP contribution in [0.2, 0.25) is 0 Å². The largest absolute Gasteiger partial charge is 0.394 e. The van der Waals surface area contributed by atoms with Gasteiger partial charge >= 0.3 is 0 Å². The van der Waals surface area contributed by atoms with Crippen LogP contribution in [0, 0.1) is 0 Å². The van der Waals surface area contributed by atoms with Gasteiger partial charge in [0, 0.05) is 19.0 Å². The van der Waals surface area contributed by atoms with E-state index >= 15 is 0 Å². The summed E-state index contributed by atoms with van der Waals surface area (Å²) in [5.74, 6) is 0. The van der Waals surface area contributed by atoms with Gasteiger partial charge in [0.2, 0.25) is 0 Å². The minimum absolute atomic E-state index is 0.00645. The normalized spacial score (nSPS) is 12.7. The van der Waals surface area contributed by atoms with Crippen molar-refractivity contribution in [2.45, 2.75) is 39.3 Å². The quantitative estimate of drug-likeness (QED) is 0.411. The highest BCUT2D eigenvalue weighted by Gasteiger charge is 2.06. The van der Waals surface area contributed by atoms with Crippen molar-refractivity contribution in [2.24, 2.45) is 4.99 Å². The summed E-state index contributed by atoms with van der Waals surface area (Å²) in [7, 11) is 0. The lowest BCUT2D eigenvalue weighted by atomic mass is 10.1. The number of benzene rings is 1. The molecule has 1 aromatic carbocycles. The zero-order valence-corrected chi connectivity index (χ0v) is 17.2. The molecule has 0 amide bonds. The number of hydrogen-bond acceptors (Lipinski definition) is 5. The van der Waals surface area contributed by atoms with Crippen LogP contribution in [0.5, 0.6) is 0 Å². The van der Waals surface area contributed by atoms with E-state index in [4.69, 9.17) is 0 Å². The lowest BCUT2D eigenvalue weighted by Crippen LogP contribution is -2.25. The molecular formula is C23H34N4O. The molecule has 0 spiro atoms. The predicted octanol–water partition coefficient (Wildman–Crippen LogP) is 3.45. The van der Waals surface area contributed by atoms with Crippen LogP contribution in [0.4, 0.5) is 0 Å². The first kappa shape index (κ1) is 22.2. The van der Waals surface area contributed by atoms with Gasteiger partial charge in [-0.25, -0.2) is 0 Å². The maximum Gasteiger partial charge on any atom is 0.0979 e. The third-order valence-electron chi connectivity index (χ3n) is 4.88. The second kappa shape index (κ2) is 13.2. The maximum atomic E-state index is 9.63.